The molecule has 0 aliphatic carbocycles. The summed E-state index contributed by atoms with van der Waals surface area (Å²) in [7, 11) is -4.15. The molecule has 8 heteroatoms. The number of benzene rings is 1. The van der Waals surface area contributed by atoms with Gasteiger partial charge < -0.3 is 0 Å². The molecule has 14 heavy (non-hydrogen) atoms. The maximum atomic E-state index is 10.7. The zero-order valence-electron chi connectivity index (χ0n) is 6.60. The first-order valence-corrected chi connectivity index (χ1v) is 4.80. The molecular weight excluding hydrogens is 302 g/mol. The van der Waals surface area contributed by atoms with Gasteiger partial charge in [-0.05, 0) is 18.2 Å². The van der Waals surface area contributed by atoms with Crippen LogP contribution < -0.4 is 0 Å². The maximum absolute atomic E-state index is 10.7. The molecule has 6 nitrogen and oxygen atoms in total. The molecule has 0 aliphatic heterocycles. The van der Waals surface area contributed by atoms with E-state index in [1.54, 1.807) is 0 Å². The summed E-state index contributed by atoms with van der Waals surface area (Å²) in [5.41, 5.74) is 1.02. The first kappa shape index (κ1) is 11.3. The Kier molecular flexibility index (Phi) is 3.07. The fraction of sp³-hybridized carbons (Fsp3) is 0. The van der Waals surface area contributed by atoms with Crippen LogP contribution in [0.15, 0.2) is 23.1 Å². The normalized spacial score (nSPS) is 11.2. The van der Waals surface area contributed by atoms with Crippen molar-refractivity contribution in [3.05, 3.63) is 18.2 Å². The Hall–Kier alpha value is -0.730. The topological polar surface area (TPSA) is 95.9 Å². The predicted molar refractivity (Wildman–Crippen MR) is 43.7 cm³/mol. The van der Waals surface area contributed by atoms with Gasteiger partial charge in [-0.1, -0.05) is 5.21 Å². The van der Waals surface area contributed by atoms with Crippen LogP contribution in [0.25, 0.3) is 11.0 Å². The number of fused-ring (bicyclic) bond motifs is 1. The van der Waals surface area contributed by atoms with Crippen molar-refractivity contribution in [2.24, 2.45) is 0 Å². The van der Waals surface area contributed by atoms with Crippen molar-refractivity contribution >= 4 is 21.2 Å². The summed E-state index contributed by atoms with van der Waals surface area (Å²) >= 11 is 0. The third-order valence-electron chi connectivity index (χ3n) is 1.60. The fourth-order valence-corrected chi connectivity index (χ4v) is 1.48. The number of hydrogen-bond acceptors (Lipinski definition) is 4. The Morgan fingerprint density at radius 2 is 2.07 bits per heavy atom. The largest absolute Gasteiger partial charge is 0.294 e. The van der Waals surface area contributed by atoms with Crippen LogP contribution in [0.3, 0.4) is 0 Å². The summed E-state index contributed by atoms with van der Waals surface area (Å²) in [6.07, 6.45) is 0. The molecule has 0 saturated carbocycles. The van der Waals surface area contributed by atoms with Crippen LogP contribution in [0.5, 0.6) is 0 Å². The van der Waals surface area contributed by atoms with E-state index in [1.165, 1.54) is 18.2 Å². The smallest absolute Gasteiger partial charge is 0.282 e. The number of H-pyrrole nitrogens is 1. The Bertz CT molecular complexity index is 550. The van der Waals surface area contributed by atoms with Crippen molar-refractivity contribution in [3.63, 3.8) is 0 Å². The van der Waals surface area contributed by atoms with E-state index in [-0.39, 0.29) is 27.3 Å². The second-order valence-corrected chi connectivity index (χ2v) is 3.89. The van der Waals surface area contributed by atoms with Crippen LogP contribution in [-0.2, 0) is 32.5 Å². The van der Waals surface area contributed by atoms with Gasteiger partial charge in [0.1, 0.15) is 5.52 Å². The van der Waals surface area contributed by atoms with E-state index in [0.717, 1.165) is 0 Å². The van der Waals surface area contributed by atoms with E-state index in [1.807, 2.05) is 0 Å². The van der Waals surface area contributed by atoms with E-state index in [0.29, 0.717) is 11.0 Å². The van der Waals surface area contributed by atoms with Crippen LogP contribution in [-0.4, -0.2) is 28.4 Å². The molecule has 2 N–H and O–H groups in total. The number of aromatic amines is 1. The number of rotatable bonds is 1. The minimum Gasteiger partial charge on any atom is -0.282 e. The van der Waals surface area contributed by atoms with E-state index in [9.17, 15) is 8.42 Å². The molecule has 1 aromatic carbocycles. The van der Waals surface area contributed by atoms with Gasteiger partial charge in [0.15, 0.2) is 0 Å². The molecule has 2 aromatic rings. The van der Waals surface area contributed by atoms with Crippen molar-refractivity contribution in [1.82, 2.24) is 15.4 Å². The maximum Gasteiger partial charge on any atom is 0.294 e. The molecule has 79 valence electrons. The van der Waals surface area contributed by atoms with Crippen LogP contribution in [0, 0.1) is 0 Å². The first-order chi connectivity index (χ1) is 6.07. The van der Waals surface area contributed by atoms with Gasteiger partial charge in [0.25, 0.3) is 10.1 Å². The molecular formula is C6H5AgN3O3S. The average molecular weight is 307 g/mol. The van der Waals surface area contributed by atoms with Crippen LogP contribution in [0.4, 0.5) is 0 Å². The van der Waals surface area contributed by atoms with Crippen LogP contribution in [0.2, 0.25) is 0 Å². The molecule has 1 radical (unpaired) electrons. The van der Waals surface area contributed by atoms with Gasteiger partial charge in [-0.15, -0.1) is 5.10 Å². The SMILES string of the molecule is O=S(=O)(O)c1ccc2[nH]nnc2c1.[Ag]. The third kappa shape index (κ3) is 2.02. The molecule has 2 rings (SSSR count). The van der Waals surface area contributed by atoms with Crippen molar-refractivity contribution in [3.8, 4) is 0 Å². The molecule has 0 amide bonds. The summed E-state index contributed by atoms with van der Waals surface area (Å²) in [4.78, 5) is -0.186. The molecule has 0 spiro atoms. The summed E-state index contributed by atoms with van der Waals surface area (Å²) in [5.74, 6) is 0. The molecule has 0 saturated heterocycles. The molecule has 1 heterocycles. The number of aromatic nitrogens is 3. The van der Waals surface area contributed by atoms with E-state index in [2.05, 4.69) is 15.4 Å². The summed E-state index contributed by atoms with van der Waals surface area (Å²) < 4.78 is 30.1. The Morgan fingerprint density at radius 1 is 1.36 bits per heavy atom. The van der Waals surface area contributed by atoms with Crippen LogP contribution >= 0.6 is 0 Å². The summed E-state index contributed by atoms with van der Waals surface area (Å²) in [6.45, 7) is 0. The van der Waals surface area contributed by atoms with Gasteiger partial charge in [-0.3, -0.25) is 9.65 Å². The summed E-state index contributed by atoms with van der Waals surface area (Å²) in [6, 6.07) is 4.00. The molecule has 0 unspecified atom stereocenters. The molecule has 1 aromatic heterocycles. The van der Waals surface area contributed by atoms with E-state index in [4.69, 9.17) is 4.55 Å². The van der Waals surface area contributed by atoms with Gasteiger partial charge in [0.05, 0.1) is 10.4 Å². The average Bonchev–Trinajstić information content (AvgIpc) is 2.47. The fourth-order valence-electron chi connectivity index (χ4n) is 0.982. The van der Waals surface area contributed by atoms with Crippen molar-refractivity contribution < 1.29 is 35.4 Å². The van der Waals surface area contributed by atoms with Crippen molar-refractivity contribution in [2.45, 2.75) is 4.90 Å². The predicted octanol–water partition coefficient (Wildman–Crippen LogP) is 0.202. The molecule has 0 aliphatic rings. The monoisotopic (exact) mass is 306 g/mol. The van der Waals surface area contributed by atoms with Crippen LogP contribution in [0.1, 0.15) is 0 Å². The Labute approximate surface area is 95.0 Å². The van der Waals surface area contributed by atoms with E-state index >= 15 is 0 Å². The molecule has 0 atom stereocenters. The standard InChI is InChI=1S/C6H5N3O3S.Ag/c10-13(11,12)4-1-2-5-6(3-4)8-9-7-5;/h1-3H,(H,7,8,9)(H,10,11,12);. The van der Waals surface area contributed by atoms with Gasteiger partial charge in [-0.2, -0.15) is 8.42 Å². The first-order valence-electron chi connectivity index (χ1n) is 3.36. The number of hydrogen-bond donors (Lipinski definition) is 2. The van der Waals surface area contributed by atoms with Crippen molar-refractivity contribution in [1.29, 1.82) is 0 Å². The third-order valence-corrected chi connectivity index (χ3v) is 2.44. The molecule has 0 fully saturated rings. The summed E-state index contributed by atoms with van der Waals surface area (Å²) in [5, 5.41) is 9.65. The zero-order valence-corrected chi connectivity index (χ0v) is 8.90. The van der Waals surface area contributed by atoms with Gasteiger partial charge in [-0.25, -0.2) is 0 Å². The number of nitrogens with zero attached hydrogens (tertiary/aromatic N) is 2. The second-order valence-electron chi connectivity index (χ2n) is 2.47. The van der Waals surface area contributed by atoms with Gasteiger partial charge in [0, 0.05) is 22.4 Å². The minimum atomic E-state index is -4.15. The Morgan fingerprint density at radius 3 is 2.71 bits per heavy atom. The minimum absolute atomic E-state index is 0. The Balaban J connectivity index is 0.000000980. The molecule has 0 bridgehead atoms. The van der Waals surface area contributed by atoms with Gasteiger partial charge in [0.2, 0.25) is 0 Å². The van der Waals surface area contributed by atoms with Gasteiger partial charge >= 0.3 is 0 Å². The van der Waals surface area contributed by atoms with Crippen molar-refractivity contribution in [2.75, 3.05) is 0 Å². The zero-order chi connectivity index (χ0) is 9.47. The quantitative estimate of drug-likeness (QED) is 0.580. The second kappa shape index (κ2) is 3.79. The number of nitrogens with one attached hydrogen (secondary N) is 1. The van der Waals surface area contributed by atoms with E-state index < -0.39 is 10.1 Å².